The molecule has 0 saturated carbocycles. The highest BCUT2D eigenvalue weighted by molar-refractivity contribution is 5.97. The van der Waals surface area contributed by atoms with Crippen molar-refractivity contribution in [2.45, 2.75) is 19.1 Å². The zero-order chi connectivity index (χ0) is 10.4. The first-order chi connectivity index (χ1) is 7.25. The van der Waals surface area contributed by atoms with Crippen LogP contribution >= 0.6 is 0 Å². The summed E-state index contributed by atoms with van der Waals surface area (Å²) in [4.78, 5) is 13.5. The number of anilines is 1. The monoisotopic (exact) mass is 207 g/mol. The molecule has 78 valence electrons. The second-order valence-electron chi connectivity index (χ2n) is 3.86. The Labute approximate surface area is 86.4 Å². The largest absolute Gasteiger partial charge is 0.438 e. The van der Waals surface area contributed by atoms with Gasteiger partial charge in [0.05, 0.1) is 11.3 Å². The number of carbonyl (C=O) groups excluding carboxylic acids is 1. The van der Waals surface area contributed by atoms with Crippen LogP contribution in [0.5, 0.6) is 0 Å². The summed E-state index contributed by atoms with van der Waals surface area (Å²) in [6, 6.07) is 4.19. The first-order valence-corrected chi connectivity index (χ1v) is 5.03. The fourth-order valence-corrected chi connectivity index (χ4v) is 2.24. The van der Waals surface area contributed by atoms with E-state index in [1.807, 2.05) is 4.90 Å². The number of hydrogen-bond donors (Lipinski definition) is 0. The summed E-state index contributed by atoms with van der Waals surface area (Å²) in [6.45, 7) is 0.828. The van der Waals surface area contributed by atoms with Crippen molar-refractivity contribution in [1.29, 1.82) is 0 Å². The first-order valence-electron chi connectivity index (χ1n) is 5.03. The van der Waals surface area contributed by atoms with Crippen molar-refractivity contribution in [3.8, 4) is 0 Å². The van der Waals surface area contributed by atoms with Gasteiger partial charge in [-0.15, -0.1) is 0 Å². The van der Waals surface area contributed by atoms with Crippen molar-refractivity contribution in [3.63, 3.8) is 0 Å². The van der Waals surface area contributed by atoms with Gasteiger partial charge in [0.25, 0.3) is 0 Å². The van der Waals surface area contributed by atoms with Crippen LogP contribution < -0.4 is 4.90 Å². The minimum Gasteiger partial charge on any atom is -0.438 e. The zero-order valence-corrected chi connectivity index (χ0v) is 8.07. The van der Waals surface area contributed by atoms with Gasteiger partial charge in [0.2, 0.25) is 0 Å². The second kappa shape index (κ2) is 2.95. The minimum absolute atomic E-state index is 0.188. The van der Waals surface area contributed by atoms with E-state index in [0.717, 1.165) is 19.4 Å². The maximum atomic E-state index is 13.1. The summed E-state index contributed by atoms with van der Waals surface area (Å²) in [5.41, 5.74) is 1.14. The Morgan fingerprint density at radius 2 is 2.33 bits per heavy atom. The van der Waals surface area contributed by atoms with Crippen molar-refractivity contribution in [3.05, 3.63) is 29.6 Å². The van der Waals surface area contributed by atoms with E-state index in [1.54, 1.807) is 0 Å². The third-order valence-corrected chi connectivity index (χ3v) is 2.93. The van der Waals surface area contributed by atoms with Crippen molar-refractivity contribution in [2.24, 2.45) is 0 Å². The number of benzene rings is 1. The van der Waals surface area contributed by atoms with Crippen molar-refractivity contribution < 1.29 is 13.9 Å². The minimum atomic E-state index is -0.340. The molecule has 1 fully saturated rings. The van der Waals surface area contributed by atoms with E-state index in [-0.39, 0.29) is 18.0 Å². The number of halogens is 1. The molecule has 1 atom stereocenters. The van der Waals surface area contributed by atoms with E-state index in [0.29, 0.717) is 11.3 Å². The van der Waals surface area contributed by atoms with Crippen molar-refractivity contribution >= 4 is 11.7 Å². The van der Waals surface area contributed by atoms with Crippen molar-refractivity contribution in [1.82, 2.24) is 0 Å². The highest BCUT2D eigenvalue weighted by Gasteiger charge is 2.35. The van der Waals surface area contributed by atoms with Gasteiger partial charge in [0.15, 0.2) is 6.23 Å². The lowest BCUT2D eigenvalue weighted by Gasteiger charge is -2.32. The lowest BCUT2D eigenvalue weighted by Crippen LogP contribution is -2.38. The molecular weight excluding hydrogens is 197 g/mol. The lowest BCUT2D eigenvalue weighted by molar-refractivity contribution is 0.0292. The van der Waals surface area contributed by atoms with Gasteiger partial charge >= 0.3 is 5.97 Å². The van der Waals surface area contributed by atoms with E-state index < -0.39 is 0 Å². The maximum Gasteiger partial charge on any atom is 0.342 e. The molecule has 1 aromatic carbocycles. The SMILES string of the molecule is O=C1OC2CCCN2c2cc(F)ccc21. The molecule has 0 bridgehead atoms. The molecule has 1 saturated heterocycles. The van der Waals surface area contributed by atoms with Gasteiger partial charge < -0.3 is 9.64 Å². The van der Waals surface area contributed by atoms with Crippen molar-refractivity contribution in [2.75, 3.05) is 11.4 Å². The lowest BCUT2D eigenvalue weighted by atomic mass is 10.1. The Morgan fingerprint density at radius 3 is 3.20 bits per heavy atom. The molecule has 4 heteroatoms. The van der Waals surface area contributed by atoms with Gasteiger partial charge in [-0.05, 0) is 24.6 Å². The Morgan fingerprint density at radius 1 is 1.47 bits per heavy atom. The quantitative estimate of drug-likeness (QED) is 0.609. The number of rotatable bonds is 0. The number of fused-ring (bicyclic) bond motifs is 3. The van der Waals surface area contributed by atoms with Gasteiger partial charge in [0.1, 0.15) is 5.82 Å². The third-order valence-electron chi connectivity index (χ3n) is 2.93. The van der Waals surface area contributed by atoms with Crippen LogP contribution in [0.2, 0.25) is 0 Å². The van der Waals surface area contributed by atoms with Crippen LogP contribution in [0.25, 0.3) is 0 Å². The third kappa shape index (κ3) is 1.21. The molecule has 2 heterocycles. The van der Waals surface area contributed by atoms with Crippen LogP contribution in [0.3, 0.4) is 0 Å². The summed E-state index contributed by atoms with van der Waals surface area (Å²) >= 11 is 0. The molecule has 3 nitrogen and oxygen atoms in total. The Bertz CT molecular complexity index is 433. The molecule has 15 heavy (non-hydrogen) atoms. The standard InChI is InChI=1S/C11H10FNO2/c12-7-3-4-8-9(6-7)13-5-1-2-10(13)15-11(8)14/h3-4,6,10H,1-2,5H2. The molecule has 2 aliphatic rings. The van der Waals surface area contributed by atoms with E-state index in [4.69, 9.17) is 4.74 Å². The Balaban J connectivity index is 2.15. The number of hydrogen-bond acceptors (Lipinski definition) is 3. The van der Waals surface area contributed by atoms with Crippen LogP contribution in [-0.2, 0) is 4.74 Å². The molecule has 0 aliphatic carbocycles. The Kier molecular flexibility index (Phi) is 1.71. The summed E-state index contributed by atoms with van der Waals surface area (Å²) in [5, 5.41) is 0. The Hall–Kier alpha value is -1.58. The van der Waals surface area contributed by atoms with E-state index in [9.17, 15) is 9.18 Å². The predicted molar refractivity (Wildman–Crippen MR) is 52.2 cm³/mol. The van der Waals surface area contributed by atoms with E-state index in [2.05, 4.69) is 0 Å². The molecule has 1 unspecified atom stereocenters. The number of ether oxygens (including phenoxy) is 1. The summed E-state index contributed by atoms with van der Waals surface area (Å²) < 4.78 is 18.3. The number of carbonyl (C=O) groups is 1. The topological polar surface area (TPSA) is 29.5 Å². The molecular formula is C11H10FNO2. The van der Waals surface area contributed by atoms with Crippen LogP contribution in [0.15, 0.2) is 18.2 Å². The summed E-state index contributed by atoms with van der Waals surface area (Å²) in [5.74, 6) is -0.651. The average molecular weight is 207 g/mol. The molecule has 3 rings (SSSR count). The number of nitrogens with zero attached hydrogens (tertiary/aromatic N) is 1. The van der Waals surface area contributed by atoms with Gasteiger partial charge in [-0.1, -0.05) is 0 Å². The highest BCUT2D eigenvalue weighted by atomic mass is 19.1. The maximum absolute atomic E-state index is 13.1. The normalized spacial score (nSPS) is 23.4. The molecule has 2 aliphatic heterocycles. The molecule has 1 aromatic rings. The number of esters is 1. The van der Waals surface area contributed by atoms with Crippen LogP contribution in [0.4, 0.5) is 10.1 Å². The van der Waals surface area contributed by atoms with E-state index in [1.165, 1.54) is 18.2 Å². The molecule has 0 amide bonds. The molecule has 0 spiro atoms. The van der Waals surface area contributed by atoms with Gasteiger partial charge in [-0.2, -0.15) is 0 Å². The molecule has 0 radical (unpaired) electrons. The predicted octanol–water partition coefficient (Wildman–Crippen LogP) is 1.92. The smallest absolute Gasteiger partial charge is 0.342 e. The second-order valence-corrected chi connectivity index (χ2v) is 3.86. The molecule has 0 N–H and O–H groups in total. The zero-order valence-electron chi connectivity index (χ0n) is 8.07. The molecule has 0 aromatic heterocycles. The van der Waals surface area contributed by atoms with Crippen LogP contribution in [0, 0.1) is 5.82 Å². The van der Waals surface area contributed by atoms with Gasteiger partial charge in [-0.3, -0.25) is 0 Å². The van der Waals surface area contributed by atoms with Gasteiger partial charge in [-0.25, -0.2) is 9.18 Å². The van der Waals surface area contributed by atoms with Crippen LogP contribution in [0.1, 0.15) is 23.2 Å². The van der Waals surface area contributed by atoms with E-state index >= 15 is 0 Å². The highest BCUT2D eigenvalue weighted by Crippen LogP contribution is 2.34. The average Bonchev–Trinajstić information content (AvgIpc) is 2.65. The summed E-state index contributed by atoms with van der Waals surface area (Å²) in [7, 11) is 0. The first kappa shape index (κ1) is 8.71. The summed E-state index contributed by atoms with van der Waals surface area (Å²) in [6.07, 6.45) is 1.63. The van der Waals surface area contributed by atoms with Gasteiger partial charge in [0, 0.05) is 13.0 Å². The van der Waals surface area contributed by atoms with Crippen LogP contribution in [-0.4, -0.2) is 18.7 Å². The fourth-order valence-electron chi connectivity index (χ4n) is 2.24. The fraction of sp³-hybridized carbons (Fsp3) is 0.364.